The topological polar surface area (TPSA) is 223 Å². The van der Waals surface area contributed by atoms with Gasteiger partial charge in [-0.1, -0.05) is 11.6 Å². The third-order valence-corrected chi connectivity index (χ3v) is 6.47. The minimum absolute atomic E-state index is 0.100. The number of benzene rings is 1. The van der Waals surface area contributed by atoms with Crippen molar-refractivity contribution in [2.24, 2.45) is 0 Å². The van der Waals surface area contributed by atoms with Gasteiger partial charge in [-0.2, -0.15) is 15.0 Å². The summed E-state index contributed by atoms with van der Waals surface area (Å²) in [6.07, 6.45) is -7.85. The fraction of sp³-hybridized carbons (Fsp3) is 0.444. The number of carbonyl (C=O) groups excluding carboxylic acids is 1. The predicted molar refractivity (Wildman–Crippen MR) is 116 cm³/mol. The average Bonchev–Trinajstić information content (AvgIpc) is 2.79. The van der Waals surface area contributed by atoms with Gasteiger partial charge in [0.05, 0.1) is 18.7 Å². The fourth-order valence-corrected chi connectivity index (χ4v) is 4.39. The standard InChI is InChI=1S/C18H22ClN5O10S/c1-7-20-16(23-18(21-7)32-2)22-17(29)24-35(30,31)11-5-8(3-4-9(11)19)33-15-14(28)13(27)12(26)10(6-25)34-15/h3-5,10,12-15,25-28H,6H2,1-2H3,(H2,20,21,22,23,24,29)/t10-,12-,13+,14-,15-/m1/s1. The summed E-state index contributed by atoms with van der Waals surface area (Å²) in [5.41, 5.74) is 0. The van der Waals surface area contributed by atoms with Gasteiger partial charge in [-0.15, -0.1) is 0 Å². The van der Waals surface area contributed by atoms with E-state index >= 15 is 0 Å². The molecule has 1 aliphatic heterocycles. The number of sulfonamides is 1. The van der Waals surface area contributed by atoms with Gasteiger partial charge in [-0.25, -0.2) is 17.9 Å². The van der Waals surface area contributed by atoms with E-state index in [0.717, 1.165) is 12.1 Å². The Morgan fingerprint density at radius 1 is 1.17 bits per heavy atom. The Labute approximate surface area is 203 Å². The van der Waals surface area contributed by atoms with Crippen molar-refractivity contribution in [1.29, 1.82) is 0 Å². The Morgan fingerprint density at radius 2 is 1.89 bits per heavy atom. The molecule has 1 aromatic carbocycles. The molecule has 0 radical (unpaired) electrons. The average molecular weight is 536 g/mol. The van der Waals surface area contributed by atoms with E-state index in [9.17, 15) is 33.6 Å². The number of anilines is 1. The van der Waals surface area contributed by atoms with Gasteiger partial charge in [0.25, 0.3) is 10.0 Å². The number of halogens is 1. The number of nitrogens with zero attached hydrogens (tertiary/aromatic N) is 3. The molecule has 5 atom stereocenters. The Hall–Kier alpha value is -2.86. The Balaban J connectivity index is 1.77. The third-order valence-electron chi connectivity index (χ3n) is 4.65. The molecule has 1 aromatic heterocycles. The van der Waals surface area contributed by atoms with E-state index in [1.54, 1.807) is 4.72 Å². The zero-order valence-electron chi connectivity index (χ0n) is 18.2. The number of methoxy groups -OCH3 is 1. The second-order valence-corrected chi connectivity index (χ2v) is 9.22. The lowest BCUT2D eigenvalue weighted by atomic mass is 9.99. The molecule has 6 N–H and O–H groups in total. The minimum Gasteiger partial charge on any atom is -0.467 e. The SMILES string of the molecule is COc1nc(C)nc(NC(=O)NS(=O)(=O)c2cc(O[C@@H]3O[C@H](CO)[C@@H](O)[C@H](O)[C@H]3O)ccc2Cl)n1. The van der Waals surface area contributed by atoms with Gasteiger partial charge >= 0.3 is 12.0 Å². The van der Waals surface area contributed by atoms with Crippen LogP contribution in [-0.2, 0) is 14.8 Å². The van der Waals surface area contributed by atoms with Gasteiger partial charge in [0, 0.05) is 6.07 Å². The Bertz CT molecular complexity index is 1180. The van der Waals surface area contributed by atoms with Gasteiger partial charge in [0.15, 0.2) is 0 Å². The van der Waals surface area contributed by atoms with Gasteiger partial charge in [-0.3, -0.25) is 5.32 Å². The number of aryl methyl sites for hydroxylation is 1. The molecule has 3 rings (SSSR count). The van der Waals surface area contributed by atoms with Crippen molar-refractivity contribution in [3.63, 3.8) is 0 Å². The second kappa shape index (κ2) is 10.8. The summed E-state index contributed by atoms with van der Waals surface area (Å²) in [4.78, 5) is 23.1. The van der Waals surface area contributed by atoms with Crippen LogP contribution < -0.4 is 19.5 Å². The number of aromatic nitrogens is 3. The van der Waals surface area contributed by atoms with Crippen molar-refractivity contribution < 1.29 is 47.8 Å². The zero-order chi connectivity index (χ0) is 25.9. The molecule has 0 bridgehead atoms. The fourth-order valence-electron chi connectivity index (χ4n) is 2.97. The Morgan fingerprint density at radius 3 is 2.54 bits per heavy atom. The number of hydrogen-bond donors (Lipinski definition) is 6. The monoisotopic (exact) mass is 535 g/mol. The second-order valence-electron chi connectivity index (χ2n) is 7.16. The maximum absolute atomic E-state index is 12.8. The highest BCUT2D eigenvalue weighted by molar-refractivity contribution is 7.90. The number of hydrogen-bond acceptors (Lipinski definition) is 13. The molecule has 1 fully saturated rings. The number of carbonyl (C=O) groups is 1. The minimum atomic E-state index is -4.56. The van der Waals surface area contributed by atoms with Gasteiger partial charge < -0.3 is 34.6 Å². The molecule has 192 valence electrons. The van der Waals surface area contributed by atoms with Crippen LogP contribution in [0.3, 0.4) is 0 Å². The first-order valence-corrected chi connectivity index (χ1v) is 11.7. The highest BCUT2D eigenvalue weighted by atomic mass is 35.5. The van der Waals surface area contributed by atoms with E-state index in [4.69, 9.17) is 25.8 Å². The predicted octanol–water partition coefficient (Wildman–Crippen LogP) is -1.47. The van der Waals surface area contributed by atoms with E-state index in [1.807, 2.05) is 0 Å². The first kappa shape index (κ1) is 26.7. The van der Waals surface area contributed by atoms with Crippen molar-refractivity contribution in [1.82, 2.24) is 19.7 Å². The molecule has 0 saturated carbocycles. The molecular weight excluding hydrogens is 514 g/mol. The van der Waals surface area contributed by atoms with Crippen LogP contribution in [0.25, 0.3) is 0 Å². The number of ether oxygens (including phenoxy) is 3. The largest absolute Gasteiger partial charge is 0.467 e. The van der Waals surface area contributed by atoms with Crippen LogP contribution >= 0.6 is 11.6 Å². The maximum atomic E-state index is 12.8. The molecule has 1 aliphatic rings. The van der Waals surface area contributed by atoms with Crippen LogP contribution in [0.4, 0.5) is 10.7 Å². The van der Waals surface area contributed by atoms with E-state index in [2.05, 4.69) is 20.3 Å². The molecule has 35 heavy (non-hydrogen) atoms. The van der Waals surface area contributed by atoms with Crippen LogP contribution in [-0.4, -0.2) is 94.2 Å². The summed E-state index contributed by atoms with van der Waals surface area (Å²) in [6, 6.07) is 2.01. The molecule has 2 amide bonds. The summed E-state index contributed by atoms with van der Waals surface area (Å²) >= 11 is 6.00. The smallest absolute Gasteiger partial charge is 0.335 e. The van der Waals surface area contributed by atoms with Crippen molar-refractivity contribution in [3.8, 4) is 11.8 Å². The number of amides is 2. The van der Waals surface area contributed by atoms with Gasteiger partial charge in [0.1, 0.15) is 40.9 Å². The summed E-state index contributed by atoms with van der Waals surface area (Å²) in [5.74, 6) is -0.249. The van der Waals surface area contributed by atoms with E-state index in [1.165, 1.54) is 20.1 Å². The zero-order valence-corrected chi connectivity index (χ0v) is 19.8. The van der Waals surface area contributed by atoms with E-state index in [-0.39, 0.29) is 28.6 Å². The Kier molecular flexibility index (Phi) is 8.26. The first-order valence-electron chi connectivity index (χ1n) is 9.82. The van der Waals surface area contributed by atoms with E-state index in [0.29, 0.717) is 0 Å². The number of aliphatic hydroxyl groups excluding tert-OH is 4. The summed E-state index contributed by atoms with van der Waals surface area (Å²) in [7, 11) is -3.26. The molecule has 15 nitrogen and oxygen atoms in total. The third kappa shape index (κ3) is 6.23. The lowest BCUT2D eigenvalue weighted by molar-refractivity contribution is -0.277. The molecule has 2 aromatic rings. The van der Waals surface area contributed by atoms with Crippen molar-refractivity contribution >= 4 is 33.6 Å². The normalized spacial score (nSPS) is 24.5. The number of aliphatic hydroxyl groups is 4. The molecular formula is C18H22ClN5O10S. The lowest BCUT2D eigenvalue weighted by Gasteiger charge is -2.39. The number of nitrogens with one attached hydrogen (secondary N) is 2. The van der Waals surface area contributed by atoms with Crippen molar-refractivity contribution in [2.45, 2.75) is 42.5 Å². The van der Waals surface area contributed by atoms with Crippen LogP contribution in [0.5, 0.6) is 11.8 Å². The highest BCUT2D eigenvalue weighted by Gasteiger charge is 2.44. The molecule has 0 spiro atoms. The van der Waals surface area contributed by atoms with Crippen LogP contribution in [0.2, 0.25) is 5.02 Å². The number of urea groups is 1. The van der Waals surface area contributed by atoms with Crippen LogP contribution in [0.1, 0.15) is 5.82 Å². The van der Waals surface area contributed by atoms with Gasteiger partial charge in [-0.05, 0) is 19.1 Å². The molecule has 1 saturated heterocycles. The molecule has 0 unspecified atom stereocenters. The first-order chi connectivity index (χ1) is 16.4. The van der Waals surface area contributed by atoms with Crippen LogP contribution in [0.15, 0.2) is 23.1 Å². The summed E-state index contributed by atoms with van der Waals surface area (Å²) in [5, 5.41) is 41.0. The van der Waals surface area contributed by atoms with Crippen molar-refractivity contribution in [2.75, 3.05) is 19.0 Å². The lowest BCUT2D eigenvalue weighted by Crippen LogP contribution is -2.60. The summed E-state index contributed by atoms with van der Waals surface area (Å²) in [6.45, 7) is 0.821. The molecule has 2 heterocycles. The quantitative estimate of drug-likeness (QED) is 0.238. The van der Waals surface area contributed by atoms with Crippen molar-refractivity contribution in [3.05, 3.63) is 29.0 Å². The maximum Gasteiger partial charge on any atom is 0.335 e. The van der Waals surface area contributed by atoms with Gasteiger partial charge in [0.2, 0.25) is 12.2 Å². The number of rotatable bonds is 7. The molecule has 17 heteroatoms. The highest BCUT2D eigenvalue weighted by Crippen LogP contribution is 2.29. The van der Waals surface area contributed by atoms with E-state index < -0.39 is 58.3 Å². The summed E-state index contributed by atoms with van der Waals surface area (Å²) < 4.78 is 42.8. The molecule has 0 aliphatic carbocycles. The van der Waals surface area contributed by atoms with Crippen LogP contribution in [0, 0.1) is 6.92 Å².